The highest BCUT2D eigenvalue weighted by atomic mass is 19.1. The Labute approximate surface area is 114 Å². The lowest BCUT2D eigenvalue weighted by molar-refractivity contribution is 0.0958. The molecule has 0 bridgehead atoms. The lowest BCUT2D eigenvalue weighted by Gasteiger charge is -2.07. The SMILES string of the molecule is O=C(NNc1cccc(F)c1)c1cc2ccccc2[nH]1. The van der Waals surface area contributed by atoms with Gasteiger partial charge in [0.15, 0.2) is 0 Å². The fourth-order valence-electron chi connectivity index (χ4n) is 1.96. The molecular weight excluding hydrogens is 257 g/mol. The standard InChI is InChI=1S/C15H12FN3O/c16-11-5-3-6-12(9-11)18-19-15(20)14-8-10-4-1-2-7-13(10)17-14/h1-9,17-18H,(H,19,20). The van der Waals surface area contributed by atoms with Gasteiger partial charge in [0.2, 0.25) is 0 Å². The van der Waals surface area contributed by atoms with E-state index >= 15 is 0 Å². The maximum absolute atomic E-state index is 13.0. The number of aromatic nitrogens is 1. The number of para-hydroxylation sites is 1. The molecule has 0 radical (unpaired) electrons. The average Bonchev–Trinajstić information content (AvgIpc) is 2.89. The second-order valence-electron chi connectivity index (χ2n) is 4.36. The minimum Gasteiger partial charge on any atom is -0.350 e. The van der Waals surface area contributed by atoms with Crippen molar-refractivity contribution in [1.29, 1.82) is 0 Å². The van der Waals surface area contributed by atoms with Crippen molar-refractivity contribution < 1.29 is 9.18 Å². The number of aromatic amines is 1. The summed E-state index contributed by atoms with van der Waals surface area (Å²) in [6.07, 6.45) is 0. The largest absolute Gasteiger partial charge is 0.350 e. The highest BCUT2D eigenvalue weighted by Crippen LogP contribution is 2.14. The first-order valence-electron chi connectivity index (χ1n) is 6.12. The topological polar surface area (TPSA) is 56.9 Å². The summed E-state index contributed by atoms with van der Waals surface area (Å²) in [5, 5.41) is 0.961. The zero-order chi connectivity index (χ0) is 13.9. The first-order chi connectivity index (χ1) is 9.72. The second kappa shape index (κ2) is 5.05. The fraction of sp³-hybridized carbons (Fsp3) is 0. The Morgan fingerprint density at radius 1 is 1.05 bits per heavy atom. The molecule has 3 rings (SSSR count). The third kappa shape index (κ3) is 2.47. The molecule has 0 aliphatic heterocycles. The highest BCUT2D eigenvalue weighted by molar-refractivity contribution is 5.98. The van der Waals surface area contributed by atoms with Crippen LogP contribution in [0.4, 0.5) is 10.1 Å². The second-order valence-corrected chi connectivity index (χ2v) is 4.36. The molecule has 1 heterocycles. The minimum absolute atomic E-state index is 0.314. The van der Waals surface area contributed by atoms with Gasteiger partial charge >= 0.3 is 0 Å². The third-order valence-corrected chi connectivity index (χ3v) is 2.92. The van der Waals surface area contributed by atoms with E-state index in [-0.39, 0.29) is 11.7 Å². The van der Waals surface area contributed by atoms with Crippen LogP contribution >= 0.6 is 0 Å². The summed E-state index contributed by atoms with van der Waals surface area (Å²) in [6, 6.07) is 15.2. The van der Waals surface area contributed by atoms with Crippen molar-refractivity contribution in [3.63, 3.8) is 0 Å². The molecule has 0 aliphatic rings. The molecule has 4 nitrogen and oxygen atoms in total. The summed E-state index contributed by atoms with van der Waals surface area (Å²) in [5.74, 6) is -0.680. The molecule has 2 aromatic carbocycles. The maximum atomic E-state index is 13.0. The van der Waals surface area contributed by atoms with Gasteiger partial charge in [-0.2, -0.15) is 0 Å². The third-order valence-electron chi connectivity index (χ3n) is 2.92. The van der Waals surface area contributed by atoms with Crippen LogP contribution in [0.25, 0.3) is 10.9 Å². The summed E-state index contributed by atoms with van der Waals surface area (Å²) >= 11 is 0. The molecule has 100 valence electrons. The fourth-order valence-corrected chi connectivity index (χ4v) is 1.96. The van der Waals surface area contributed by atoms with Gasteiger partial charge in [-0.1, -0.05) is 24.3 Å². The number of nitrogens with one attached hydrogen (secondary N) is 3. The van der Waals surface area contributed by atoms with E-state index in [9.17, 15) is 9.18 Å². The number of hydrazine groups is 1. The average molecular weight is 269 g/mol. The van der Waals surface area contributed by atoms with E-state index < -0.39 is 0 Å². The van der Waals surface area contributed by atoms with Gasteiger partial charge in [0.05, 0.1) is 5.69 Å². The van der Waals surface area contributed by atoms with E-state index in [1.54, 1.807) is 18.2 Å². The van der Waals surface area contributed by atoms with Gasteiger partial charge in [0, 0.05) is 10.9 Å². The Balaban J connectivity index is 1.73. The molecule has 3 aromatic rings. The van der Waals surface area contributed by atoms with Crippen LogP contribution in [0.2, 0.25) is 0 Å². The quantitative estimate of drug-likeness (QED) is 0.640. The van der Waals surface area contributed by atoms with Gasteiger partial charge in [-0.3, -0.25) is 15.6 Å². The van der Waals surface area contributed by atoms with Crippen LogP contribution in [0.1, 0.15) is 10.5 Å². The smallest absolute Gasteiger partial charge is 0.286 e. The van der Waals surface area contributed by atoms with Crippen molar-refractivity contribution in [2.24, 2.45) is 0 Å². The zero-order valence-electron chi connectivity index (χ0n) is 10.5. The number of anilines is 1. The number of fused-ring (bicyclic) bond motifs is 1. The number of halogens is 1. The van der Waals surface area contributed by atoms with Gasteiger partial charge in [0.25, 0.3) is 5.91 Å². The lowest BCUT2D eigenvalue weighted by atomic mass is 10.2. The van der Waals surface area contributed by atoms with Gasteiger partial charge in [-0.15, -0.1) is 0 Å². The Kier molecular flexibility index (Phi) is 3.09. The van der Waals surface area contributed by atoms with Crippen LogP contribution < -0.4 is 10.9 Å². The molecule has 0 fully saturated rings. The van der Waals surface area contributed by atoms with Crippen LogP contribution in [0, 0.1) is 5.82 Å². The first kappa shape index (κ1) is 12.2. The summed E-state index contributed by atoms with van der Waals surface area (Å²) in [4.78, 5) is 15.0. The molecule has 0 spiro atoms. The number of carbonyl (C=O) groups excluding carboxylic acids is 1. The molecule has 0 saturated carbocycles. The first-order valence-corrected chi connectivity index (χ1v) is 6.12. The van der Waals surface area contributed by atoms with Crippen molar-refractivity contribution in [2.75, 3.05) is 5.43 Å². The summed E-state index contributed by atoms with van der Waals surface area (Å²) in [7, 11) is 0. The van der Waals surface area contributed by atoms with Crippen LogP contribution in [0.5, 0.6) is 0 Å². The van der Waals surface area contributed by atoms with E-state index in [2.05, 4.69) is 15.8 Å². The minimum atomic E-state index is -0.366. The van der Waals surface area contributed by atoms with Crippen LogP contribution in [0.15, 0.2) is 54.6 Å². The summed E-state index contributed by atoms with van der Waals surface area (Å²) in [5.41, 5.74) is 7.00. The van der Waals surface area contributed by atoms with Gasteiger partial charge < -0.3 is 4.98 Å². The molecule has 0 aliphatic carbocycles. The van der Waals surface area contributed by atoms with Gasteiger partial charge in [-0.25, -0.2) is 4.39 Å². The number of hydrogen-bond donors (Lipinski definition) is 3. The molecule has 20 heavy (non-hydrogen) atoms. The monoisotopic (exact) mass is 269 g/mol. The molecule has 0 atom stereocenters. The van der Waals surface area contributed by atoms with Crippen molar-refractivity contribution in [3.8, 4) is 0 Å². The van der Waals surface area contributed by atoms with Crippen LogP contribution in [-0.2, 0) is 0 Å². The number of carbonyl (C=O) groups is 1. The number of hydrogen-bond acceptors (Lipinski definition) is 2. The van der Waals surface area contributed by atoms with Gasteiger partial charge in [0.1, 0.15) is 11.5 Å². The normalized spacial score (nSPS) is 10.4. The zero-order valence-corrected chi connectivity index (χ0v) is 10.5. The predicted octanol–water partition coefficient (Wildman–Crippen LogP) is 3.06. The van der Waals surface area contributed by atoms with Crippen molar-refractivity contribution in [2.45, 2.75) is 0 Å². The van der Waals surface area contributed by atoms with E-state index in [0.717, 1.165) is 10.9 Å². The molecule has 5 heteroatoms. The van der Waals surface area contributed by atoms with E-state index in [1.807, 2.05) is 24.3 Å². The molecule has 0 saturated heterocycles. The number of H-pyrrole nitrogens is 1. The van der Waals surface area contributed by atoms with Crippen molar-refractivity contribution in [3.05, 3.63) is 66.1 Å². The Hall–Kier alpha value is -2.82. The molecular formula is C15H12FN3O. The van der Waals surface area contributed by atoms with E-state index in [4.69, 9.17) is 0 Å². The molecule has 3 N–H and O–H groups in total. The van der Waals surface area contributed by atoms with E-state index in [0.29, 0.717) is 11.4 Å². The Morgan fingerprint density at radius 3 is 2.70 bits per heavy atom. The summed E-state index contributed by atoms with van der Waals surface area (Å²) < 4.78 is 13.0. The van der Waals surface area contributed by atoms with Gasteiger partial charge in [-0.05, 0) is 30.3 Å². The maximum Gasteiger partial charge on any atom is 0.286 e. The number of benzene rings is 2. The Morgan fingerprint density at radius 2 is 1.90 bits per heavy atom. The van der Waals surface area contributed by atoms with E-state index in [1.165, 1.54) is 12.1 Å². The number of rotatable bonds is 3. The number of amides is 1. The molecule has 1 aromatic heterocycles. The van der Waals surface area contributed by atoms with Crippen molar-refractivity contribution >= 4 is 22.5 Å². The van der Waals surface area contributed by atoms with Crippen LogP contribution in [0.3, 0.4) is 0 Å². The molecule has 0 unspecified atom stereocenters. The predicted molar refractivity (Wildman–Crippen MR) is 75.8 cm³/mol. The van der Waals surface area contributed by atoms with Crippen LogP contribution in [-0.4, -0.2) is 10.9 Å². The molecule has 1 amide bonds. The van der Waals surface area contributed by atoms with Crippen molar-refractivity contribution in [1.82, 2.24) is 10.4 Å². The summed E-state index contributed by atoms with van der Waals surface area (Å²) in [6.45, 7) is 0. The lowest BCUT2D eigenvalue weighted by Crippen LogP contribution is -2.29. The highest BCUT2D eigenvalue weighted by Gasteiger charge is 2.08. The Bertz CT molecular complexity index is 733.